The van der Waals surface area contributed by atoms with Gasteiger partial charge in [-0.05, 0) is 43.7 Å². The van der Waals surface area contributed by atoms with Crippen LogP contribution in [0.15, 0.2) is 47.3 Å². The van der Waals surface area contributed by atoms with Gasteiger partial charge in [-0.15, -0.1) is 0 Å². The van der Waals surface area contributed by atoms with Crippen LogP contribution in [-0.4, -0.2) is 47.9 Å². The number of likely N-dealkylation sites (tertiary alicyclic amines) is 1. The molecular weight excluding hydrogens is 332 g/mol. The molecule has 1 aliphatic heterocycles. The molecule has 0 aromatic carbocycles. The molecule has 1 unspecified atom stereocenters. The SMILES string of the molecule is O=C(NCCNC(=O)C1CCCN(Cc2ccco2)C1)c1cccnc1. The smallest absolute Gasteiger partial charge is 0.252 e. The predicted molar refractivity (Wildman–Crippen MR) is 96.3 cm³/mol. The van der Waals surface area contributed by atoms with E-state index in [0.717, 1.165) is 38.2 Å². The van der Waals surface area contributed by atoms with Crippen molar-refractivity contribution in [3.8, 4) is 0 Å². The van der Waals surface area contributed by atoms with E-state index in [1.807, 2.05) is 12.1 Å². The highest BCUT2D eigenvalue weighted by atomic mass is 16.3. The predicted octanol–water partition coefficient (Wildman–Crippen LogP) is 1.43. The van der Waals surface area contributed by atoms with Gasteiger partial charge < -0.3 is 15.1 Å². The second-order valence-corrected chi connectivity index (χ2v) is 6.44. The molecule has 1 fully saturated rings. The lowest BCUT2D eigenvalue weighted by Crippen LogP contribution is -2.44. The Morgan fingerprint density at radius 3 is 2.88 bits per heavy atom. The number of nitrogens with one attached hydrogen (secondary N) is 2. The van der Waals surface area contributed by atoms with Crippen molar-refractivity contribution < 1.29 is 14.0 Å². The van der Waals surface area contributed by atoms with Gasteiger partial charge in [0.15, 0.2) is 0 Å². The molecule has 2 aromatic heterocycles. The maximum absolute atomic E-state index is 12.4. The zero-order valence-corrected chi connectivity index (χ0v) is 14.7. The van der Waals surface area contributed by atoms with Crippen molar-refractivity contribution in [3.63, 3.8) is 0 Å². The topological polar surface area (TPSA) is 87.5 Å². The van der Waals surface area contributed by atoms with Crippen LogP contribution in [0.3, 0.4) is 0 Å². The van der Waals surface area contributed by atoms with Crippen molar-refractivity contribution in [3.05, 3.63) is 54.2 Å². The molecule has 3 rings (SSSR count). The normalized spacial score (nSPS) is 17.6. The Kier molecular flexibility index (Phi) is 6.38. The van der Waals surface area contributed by atoms with Crippen LogP contribution in [-0.2, 0) is 11.3 Å². The zero-order chi connectivity index (χ0) is 18.2. The second kappa shape index (κ2) is 9.15. The first-order valence-electron chi connectivity index (χ1n) is 8.93. The first kappa shape index (κ1) is 18.1. The van der Waals surface area contributed by atoms with Gasteiger partial charge in [0.1, 0.15) is 5.76 Å². The molecule has 1 saturated heterocycles. The molecule has 0 radical (unpaired) electrons. The van der Waals surface area contributed by atoms with Gasteiger partial charge in [-0.3, -0.25) is 19.5 Å². The van der Waals surface area contributed by atoms with Gasteiger partial charge >= 0.3 is 0 Å². The average Bonchev–Trinajstić information content (AvgIpc) is 3.19. The number of hydrogen-bond acceptors (Lipinski definition) is 5. The molecule has 0 spiro atoms. The number of carbonyl (C=O) groups excluding carboxylic acids is 2. The lowest BCUT2D eigenvalue weighted by atomic mass is 9.97. The van der Waals surface area contributed by atoms with E-state index in [1.165, 1.54) is 6.20 Å². The minimum absolute atomic E-state index is 0.0206. The van der Waals surface area contributed by atoms with Crippen LogP contribution in [0.4, 0.5) is 0 Å². The molecule has 2 amide bonds. The summed E-state index contributed by atoms with van der Waals surface area (Å²) in [7, 11) is 0. The largest absolute Gasteiger partial charge is 0.468 e. The molecule has 0 saturated carbocycles. The minimum Gasteiger partial charge on any atom is -0.468 e. The second-order valence-electron chi connectivity index (χ2n) is 6.44. The third-order valence-corrected chi connectivity index (χ3v) is 4.47. The number of nitrogens with zero attached hydrogens (tertiary/aromatic N) is 2. The van der Waals surface area contributed by atoms with Gasteiger partial charge in [-0.2, -0.15) is 0 Å². The third kappa shape index (κ3) is 5.16. The van der Waals surface area contributed by atoms with E-state index in [-0.39, 0.29) is 17.7 Å². The molecule has 2 aromatic rings. The van der Waals surface area contributed by atoms with Crippen LogP contribution in [0.5, 0.6) is 0 Å². The van der Waals surface area contributed by atoms with Crippen molar-refractivity contribution in [2.75, 3.05) is 26.2 Å². The fourth-order valence-electron chi connectivity index (χ4n) is 3.14. The summed E-state index contributed by atoms with van der Waals surface area (Å²) in [6.07, 6.45) is 6.70. The van der Waals surface area contributed by atoms with Crippen molar-refractivity contribution in [2.24, 2.45) is 5.92 Å². The van der Waals surface area contributed by atoms with Gasteiger partial charge in [-0.1, -0.05) is 0 Å². The Hall–Kier alpha value is -2.67. The summed E-state index contributed by atoms with van der Waals surface area (Å²) in [4.78, 5) is 30.4. The minimum atomic E-state index is -0.186. The Balaban J connectivity index is 1.37. The number of carbonyl (C=O) groups is 2. The van der Waals surface area contributed by atoms with Crippen molar-refractivity contribution in [1.29, 1.82) is 0 Å². The van der Waals surface area contributed by atoms with E-state index in [4.69, 9.17) is 4.42 Å². The molecule has 0 aliphatic carbocycles. The molecule has 7 heteroatoms. The molecule has 1 aliphatic rings. The summed E-state index contributed by atoms with van der Waals surface area (Å²) in [5.74, 6) is 0.760. The Morgan fingerprint density at radius 1 is 1.23 bits per heavy atom. The summed E-state index contributed by atoms with van der Waals surface area (Å²) < 4.78 is 5.38. The lowest BCUT2D eigenvalue weighted by Gasteiger charge is -2.31. The molecule has 138 valence electrons. The number of aromatic nitrogens is 1. The summed E-state index contributed by atoms with van der Waals surface area (Å²) in [6, 6.07) is 7.25. The number of pyridine rings is 1. The van der Waals surface area contributed by atoms with E-state index in [2.05, 4.69) is 20.5 Å². The summed E-state index contributed by atoms with van der Waals surface area (Å²) in [5.41, 5.74) is 0.514. The lowest BCUT2D eigenvalue weighted by molar-refractivity contribution is -0.126. The van der Waals surface area contributed by atoms with Gasteiger partial charge in [0.25, 0.3) is 5.91 Å². The standard InChI is InChI=1S/C19H24N4O3/c24-18(15-4-1-7-20-12-15)21-8-9-22-19(25)16-5-2-10-23(13-16)14-17-6-3-11-26-17/h1,3-4,6-7,11-12,16H,2,5,8-10,13-14H2,(H,21,24)(H,22,25). The van der Waals surface area contributed by atoms with E-state index in [1.54, 1.807) is 24.6 Å². The highest BCUT2D eigenvalue weighted by Gasteiger charge is 2.25. The average molecular weight is 356 g/mol. The Bertz CT molecular complexity index is 703. The zero-order valence-electron chi connectivity index (χ0n) is 14.7. The molecule has 26 heavy (non-hydrogen) atoms. The molecular formula is C19H24N4O3. The van der Waals surface area contributed by atoms with Gasteiger partial charge in [-0.25, -0.2) is 0 Å². The number of rotatable bonds is 7. The first-order chi connectivity index (χ1) is 12.7. The Labute approximate surface area is 152 Å². The highest BCUT2D eigenvalue weighted by Crippen LogP contribution is 2.18. The molecule has 7 nitrogen and oxygen atoms in total. The monoisotopic (exact) mass is 356 g/mol. The molecule has 1 atom stereocenters. The van der Waals surface area contributed by atoms with Crippen LogP contribution >= 0.6 is 0 Å². The van der Waals surface area contributed by atoms with Crippen LogP contribution < -0.4 is 10.6 Å². The van der Waals surface area contributed by atoms with Gasteiger partial charge in [0.2, 0.25) is 5.91 Å². The maximum atomic E-state index is 12.4. The fraction of sp³-hybridized carbons (Fsp3) is 0.421. The maximum Gasteiger partial charge on any atom is 0.252 e. The van der Waals surface area contributed by atoms with Crippen LogP contribution in [0.1, 0.15) is 29.0 Å². The third-order valence-electron chi connectivity index (χ3n) is 4.47. The van der Waals surface area contributed by atoms with E-state index in [0.29, 0.717) is 18.7 Å². The molecule has 3 heterocycles. The summed E-state index contributed by atoms with van der Waals surface area (Å²) in [6.45, 7) is 3.25. The quantitative estimate of drug-likeness (QED) is 0.733. The molecule has 2 N–H and O–H groups in total. The summed E-state index contributed by atoms with van der Waals surface area (Å²) in [5, 5.41) is 5.70. The number of furan rings is 1. The van der Waals surface area contributed by atoms with Crippen molar-refractivity contribution in [1.82, 2.24) is 20.5 Å². The number of amides is 2. The summed E-state index contributed by atoms with van der Waals surface area (Å²) >= 11 is 0. The van der Waals surface area contributed by atoms with Crippen LogP contribution in [0.2, 0.25) is 0 Å². The Morgan fingerprint density at radius 2 is 2.12 bits per heavy atom. The van der Waals surface area contributed by atoms with Crippen LogP contribution in [0, 0.1) is 5.92 Å². The number of hydrogen-bond donors (Lipinski definition) is 2. The number of piperidine rings is 1. The van der Waals surface area contributed by atoms with E-state index < -0.39 is 0 Å². The van der Waals surface area contributed by atoms with Gasteiger partial charge in [0.05, 0.1) is 24.3 Å². The van der Waals surface area contributed by atoms with E-state index in [9.17, 15) is 9.59 Å². The van der Waals surface area contributed by atoms with Crippen LogP contribution in [0.25, 0.3) is 0 Å². The highest BCUT2D eigenvalue weighted by molar-refractivity contribution is 5.93. The van der Waals surface area contributed by atoms with Crippen molar-refractivity contribution >= 4 is 11.8 Å². The fourth-order valence-corrected chi connectivity index (χ4v) is 3.14. The van der Waals surface area contributed by atoms with E-state index >= 15 is 0 Å². The molecule has 0 bridgehead atoms. The van der Waals surface area contributed by atoms with Gasteiger partial charge in [0, 0.05) is 32.0 Å². The van der Waals surface area contributed by atoms with Crippen molar-refractivity contribution in [2.45, 2.75) is 19.4 Å². The first-order valence-corrected chi connectivity index (χ1v) is 8.93.